The molecule has 6 heteroatoms. The van der Waals surface area contributed by atoms with Crippen LogP contribution < -0.4 is 10.1 Å². The van der Waals surface area contributed by atoms with Crippen molar-refractivity contribution in [2.24, 2.45) is 0 Å². The number of amides is 3. The monoisotopic (exact) mass is 394 g/mol. The molecule has 0 bridgehead atoms. The minimum atomic E-state index is -0.355. The van der Waals surface area contributed by atoms with Crippen molar-refractivity contribution in [1.82, 2.24) is 10.2 Å². The molecule has 0 unspecified atom stereocenters. The maximum Gasteiger partial charge on any atom is 0.329 e. The van der Waals surface area contributed by atoms with Gasteiger partial charge in [0.2, 0.25) is 0 Å². The van der Waals surface area contributed by atoms with Gasteiger partial charge in [0.05, 0.1) is 0 Å². The van der Waals surface area contributed by atoms with E-state index in [0.717, 1.165) is 32.1 Å². The van der Waals surface area contributed by atoms with E-state index < -0.39 is 0 Å². The van der Waals surface area contributed by atoms with Gasteiger partial charge in [0.25, 0.3) is 5.91 Å². The summed E-state index contributed by atoms with van der Waals surface area (Å²) in [4.78, 5) is 26.6. The van der Waals surface area contributed by atoms with E-state index in [4.69, 9.17) is 4.74 Å². The lowest BCUT2D eigenvalue weighted by atomic mass is 9.94. The summed E-state index contributed by atoms with van der Waals surface area (Å²) >= 11 is 0. The number of rotatable bonds is 5. The van der Waals surface area contributed by atoms with E-state index in [9.17, 15) is 14.0 Å². The third-order valence-electron chi connectivity index (χ3n) is 5.35. The summed E-state index contributed by atoms with van der Waals surface area (Å²) < 4.78 is 19.2. The first-order chi connectivity index (χ1) is 14.1. The van der Waals surface area contributed by atoms with Crippen molar-refractivity contribution in [1.29, 1.82) is 0 Å². The number of halogens is 1. The van der Waals surface area contributed by atoms with E-state index in [1.54, 1.807) is 24.3 Å². The van der Waals surface area contributed by atoms with Gasteiger partial charge in [0, 0.05) is 11.6 Å². The predicted octanol–water partition coefficient (Wildman–Crippen LogP) is 4.63. The van der Waals surface area contributed by atoms with Crippen LogP contribution in [-0.2, 0) is 11.4 Å². The molecule has 150 valence electrons. The summed E-state index contributed by atoms with van der Waals surface area (Å²) in [5.41, 5.74) is 1.64. The van der Waals surface area contributed by atoms with Crippen LogP contribution in [-0.4, -0.2) is 22.9 Å². The summed E-state index contributed by atoms with van der Waals surface area (Å²) in [5.74, 6) is -0.0483. The number of para-hydroxylation sites is 1. The molecule has 1 saturated carbocycles. The zero-order valence-corrected chi connectivity index (χ0v) is 16.1. The highest BCUT2D eigenvalue weighted by Crippen LogP contribution is 2.28. The van der Waals surface area contributed by atoms with Crippen LogP contribution in [0.5, 0.6) is 5.75 Å². The average Bonchev–Trinajstić information content (AvgIpc) is 3.01. The van der Waals surface area contributed by atoms with Crippen molar-refractivity contribution >= 4 is 18.0 Å². The summed E-state index contributed by atoms with van der Waals surface area (Å²) in [6.07, 6.45) is 6.59. The highest BCUT2D eigenvalue weighted by atomic mass is 19.1. The summed E-state index contributed by atoms with van der Waals surface area (Å²) in [6, 6.07) is 13.1. The third-order valence-corrected chi connectivity index (χ3v) is 5.35. The quantitative estimate of drug-likeness (QED) is 0.594. The Morgan fingerprint density at radius 3 is 2.66 bits per heavy atom. The largest absolute Gasteiger partial charge is 0.488 e. The number of benzene rings is 2. The normalized spacial score (nSPS) is 18.9. The highest BCUT2D eigenvalue weighted by Gasteiger charge is 2.39. The Morgan fingerprint density at radius 2 is 1.86 bits per heavy atom. The molecule has 1 aliphatic carbocycles. The van der Waals surface area contributed by atoms with Gasteiger partial charge in [-0.15, -0.1) is 0 Å². The Hall–Kier alpha value is -3.15. The van der Waals surface area contributed by atoms with Crippen LogP contribution in [0.1, 0.15) is 43.2 Å². The Kier molecular flexibility index (Phi) is 5.60. The van der Waals surface area contributed by atoms with Crippen LogP contribution in [0.25, 0.3) is 6.08 Å². The van der Waals surface area contributed by atoms with Crippen molar-refractivity contribution in [3.05, 3.63) is 71.2 Å². The molecule has 2 fully saturated rings. The van der Waals surface area contributed by atoms with Crippen LogP contribution in [0.2, 0.25) is 0 Å². The van der Waals surface area contributed by atoms with Gasteiger partial charge in [-0.3, -0.25) is 9.69 Å². The van der Waals surface area contributed by atoms with E-state index in [1.807, 2.05) is 18.2 Å². The number of carbonyl (C=O) groups is 2. The number of urea groups is 1. The van der Waals surface area contributed by atoms with Crippen LogP contribution in [0, 0.1) is 5.82 Å². The van der Waals surface area contributed by atoms with Gasteiger partial charge in [0.15, 0.2) is 0 Å². The minimum Gasteiger partial charge on any atom is -0.488 e. The number of nitrogens with zero attached hydrogens (tertiary/aromatic N) is 1. The van der Waals surface area contributed by atoms with Crippen molar-refractivity contribution in [2.75, 3.05) is 0 Å². The molecule has 1 heterocycles. The van der Waals surface area contributed by atoms with Gasteiger partial charge in [-0.25, -0.2) is 9.18 Å². The number of hydrogen-bond acceptors (Lipinski definition) is 3. The molecule has 3 amide bonds. The standard InChI is InChI=1S/C23H23FN2O3/c24-18-9-6-7-16(13-18)15-29-21-12-5-4-8-17(21)14-20-22(27)26(23(28)25-20)19-10-2-1-3-11-19/h4-9,12-14,19H,1-3,10-11,15H2,(H,25,28)/b20-14-. The number of ether oxygens (including phenoxy) is 1. The molecule has 2 aromatic rings. The second-order valence-electron chi connectivity index (χ2n) is 7.41. The first-order valence-electron chi connectivity index (χ1n) is 9.94. The molecule has 29 heavy (non-hydrogen) atoms. The van der Waals surface area contributed by atoms with E-state index in [1.165, 1.54) is 17.0 Å². The van der Waals surface area contributed by atoms with E-state index in [-0.39, 0.29) is 36.1 Å². The molecule has 0 spiro atoms. The summed E-state index contributed by atoms with van der Waals surface area (Å²) in [7, 11) is 0. The second kappa shape index (κ2) is 8.47. The first-order valence-corrected chi connectivity index (χ1v) is 9.94. The molecule has 0 aromatic heterocycles. The molecule has 0 radical (unpaired) electrons. The third kappa shape index (κ3) is 4.31. The topological polar surface area (TPSA) is 58.6 Å². The van der Waals surface area contributed by atoms with Crippen LogP contribution >= 0.6 is 0 Å². The second-order valence-corrected chi connectivity index (χ2v) is 7.41. The van der Waals surface area contributed by atoms with Crippen LogP contribution in [0.4, 0.5) is 9.18 Å². The molecule has 1 aliphatic heterocycles. The fourth-order valence-electron chi connectivity index (χ4n) is 3.89. The van der Waals surface area contributed by atoms with Gasteiger partial charge in [-0.2, -0.15) is 0 Å². The van der Waals surface area contributed by atoms with Crippen molar-refractivity contribution in [3.8, 4) is 5.75 Å². The Labute approximate surface area is 169 Å². The minimum absolute atomic E-state index is 0.0263. The summed E-state index contributed by atoms with van der Waals surface area (Å²) in [5, 5.41) is 2.70. The van der Waals surface area contributed by atoms with Crippen LogP contribution in [0.3, 0.4) is 0 Å². The van der Waals surface area contributed by atoms with E-state index >= 15 is 0 Å². The van der Waals surface area contributed by atoms with Gasteiger partial charge in [-0.05, 0) is 42.7 Å². The zero-order chi connectivity index (χ0) is 20.2. The number of nitrogens with one attached hydrogen (secondary N) is 1. The fourth-order valence-corrected chi connectivity index (χ4v) is 3.89. The molecule has 4 rings (SSSR count). The van der Waals surface area contributed by atoms with Crippen molar-refractivity contribution in [3.63, 3.8) is 0 Å². The maximum absolute atomic E-state index is 13.4. The molecule has 2 aliphatic rings. The fraction of sp³-hybridized carbons (Fsp3) is 0.304. The van der Waals surface area contributed by atoms with Gasteiger partial charge in [0.1, 0.15) is 23.9 Å². The Balaban J connectivity index is 1.52. The smallest absolute Gasteiger partial charge is 0.329 e. The SMILES string of the molecule is O=C1N/C(=C\c2ccccc2OCc2cccc(F)c2)C(=O)N1C1CCCCC1. The highest BCUT2D eigenvalue weighted by molar-refractivity contribution is 6.14. The number of carbonyl (C=O) groups excluding carboxylic acids is 2. The maximum atomic E-state index is 13.4. The van der Waals surface area contributed by atoms with E-state index in [0.29, 0.717) is 16.9 Å². The number of imide groups is 1. The lowest BCUT2D eigenvalue weighted by molar-refractivity contribution is -0.124. The lowest BCUT2D eigenvalue weighted by Crippen LogP contribution is -2.41. The molecular formula is C23H23FN2O3. The first kappa shape index (κ1) is 19.2. The van der Waals surface area contributed by atoms with Gasteiger partial charge < -0.3 is 10.1 Å². The Bertz CT molecular complexity index is 951. The average molecular weight is 394 g/mol. The van der Waals surface area contributed by atoms with Crippen molar-refractivity contribution in [2.45, 2.75) is 44.8 Å². The molecule has 5 nitrogen and oxygen atoms in total. The van der Waals surface area contributed by atoms with Crippen molar-refractivity contribution < 1.29 is 18.7 Å². The number of hydrogen-bond donors (Lipinski definition) is 1. The molecule has 1 N–H and O–H groups in total. The predicted molar refractivity (Wildman–Crippen MR) is 107 cm³/mol. The lowest BCUT2D eigenvalue weighted by Gasteiger charge is -2.28. The van der Waals surface area contributed by atoms with E-state index in [2.05, 4.69) is 5.32 Å². The summed E-state index contributed by atoms with van der Waals surface area (Å²) in [6.45, 7) is 0.201. The molecule has 1 saturated heterocycles. The zero-order valence-electron chi connectivity index (χ0n) is 16.1. The molecule has 0 atom stereocenters. The van der Waals surface area contributed by atoms with Gasteiger partial charge >= 0.3 is 6.03 Å². The van der Waals surface area contributed by atoms with Gasteiger partial charge in [-0.1, -0.05) is 49.6 Å². The molecule has 2 aromatic carbocycles. The Morgan fingerprint density at radius 1 is 1.07 bits per heavy atom. The molecular weight excluding hydrogens is 371 g/mol. The van der Waals surface area contributed by atoms with Crippen LogP contribution in [0.15, 0.2) is 54.2 Å².